The first-order valence-electron chi connectivity index (χ1n) is 6.64. The standard InChI is InChI=1S/C13H28N2O/c1-5-13(14-3)11(2)15(4)10-12-6-8-16-9-7-12/h11-14H,5-10H2,1-4H3. The molecule has 2 unspecified atom stereocenters. The molecule has 0 spiro atoms. The van der Waals surface area contributed by atoms with Crippen molar-refractivity contribution in [1.29, 1.82) is 0 Å². The van der Waals surface area contributed by atoms with Gasteiger partial charge in [0.1, 0.15) is 0 Å². The van der Waals surface area contributed by atoms with Gasteiger partial charge in [-0.1, -0.05) is 6.92 Å². The minimum Gasteiger partial charge on any atom is -0.381 e. The van der Waals surface area contributed by atoms with Crippen LogP contribution in [0.4, 0.5) is 0 Å². The van der Waals surface area contributed by atoms with Crippen LogP contribution in [0, 0.1) is 5.92 Å². The Balaban J connectivity index is 2.34. The number of nitrogens with one attached hydrogen (secondary N) is 1. The summed E-state index contributed by atoms with van der Waals surface area (Å²) in [4.78, 5) is 2.50. The van der Waals surface area contributed by atoms with Crippen LogP contribution in [0.3, 0.4) is 0 Å². The Labute approximate surface area is 101 Å². The smallest absolute Gasteiger partial charge is 0.0469 e. The van der Waals surface area contributed by atoms with Crippen LogP contribution in [0.15, 0.2) is 0 Å². The zero-order valence-corrected chi connectivity index (χ0v) is 11.3. The summed E-state index contributed by atoms with van der Waals surface area (Å²) in [6.45, 7) is 7.69. The lowest BCUT2D eigenvalue weighted by molar-refractivity contribution is 0.0487. The van der Waals surface area contributed by atoms with E-state index in [1.54, 1.807) is 0 Å². The second-order valence-corrected chi connectivity index (χ2v) is 5.04. The molecular formula is C13H28N2O. The van der Waals surface area contributed by atoms with E-state index in [0.717, 1.165) is 19.1 Å². The summed E-state index contributed by atoms with van der Waals surface area (Å²) in [6.07, 6.45) is 3.65. The van der Waals surface area contributed by atoms with Crippen LogP contribution in [-0.2, 0) is 4.74 Å². The van der Waals surface area contributed by atoms with Crippen LogP contribution >= 0.6 is 0 Å². The molecule has 96 valence electrons. The predicted molar refractivity (Wildman–Crippen MR) is 68.8 cm³/mol. The molecule has 1 aliphatic heterocycles. The third kappa shape index (κ3) is 4.04. The summed E-state index contributed by atoms with van der Waals surface area (Å²) in [5.41, 5.74) is 0. The van der Waals surface area contributed by atoms with E-state index in [4.69, 9.17) is 4.74 Å². The van der Waals surface area contributed by atoms with Crippen LogP contribution in [0.1, 0.15) is 33.1 Å². The van der Waals surface area contributed by atoms with Crippen molar-refractivity contribution in [1.82, 2.24) is 10.2 Å². The molecule has 0 aliphatic carbocycles. The number of ether oxygens (including phenoxy) is 1. The maximum absolute atomic E-state index is 5.40. The van der Waals surface area contributed by atoms with Gasteiger partial charge in [-0.3, -0.25) is 0 Å². The van der Waals surface area contributed by atoms with E-state index in [9.17, 15) is 0 Å². The maximum atomic E-state index is 5.40. The normalized spacial score (nSPS) is 22.3. The molecule has 0 aromatic carbocycles. The Morgan fingerprint density at radius 2 is 2.00 bits per heavy atom. The fraction of sp³-hybridized carbons (Fsp3) is 1.00. The summed E-state index contributed by atoms with van der Waals surface area (Å²) in [5.74, 6) is 0.829. The average Bonchev–Trinajstić information content (AvgIpc) is 2.31. The largest absolute Gasteiger partial charge is 0.381 e. The monoisotopic (exact) mass is 228 g/mol. The summed E-state index contributed by atoms with van der Waals surface area (Å²) in [6, 6.07) is 1.21. The first kappa shape index (κ1) is 13.9. The van der Waals surface area contributed by atoms with E-state index in [-0.39, 0.29) is 0 Å². The quantitative estimate of drug-likeness (QED) is 0.749. The molecule has 0 amide bonds. The van der Waals surface area contributed by atoms with E-state index >= 15 is 0 Å². The van der Waals surface area contributed by atoms with E-state index < -0.39 is 0 Å². The highest BCUT2D eigenvalue weighted by Gasteiger charge is 2.22. The highest BCUT2D eigenvalue weighted by Crippen LogP contribution is 2.17. The Bertz CT molecular complexity index is 177. The molecule has 0 bridgehead atoms. The lowest BCUT2D eigenvalue weighted by Crippen LogP contribution is -2.47. The minimum absolute atomic E-state index is 0.602. The second-order valence-electron chi connectivity index (χ2n) is 5.04. The zero-order chi connectivity index (χ0) is 12.0. The van der Waals surface area contributed by atoms with Gasteiger partial charge in [0.2, 0.25) is 0 Å². The third-order valence-electron chi connectivity index (χ3n) is 3.98. The Morgan fingerprint density at radius 3 is 2.50 bits per heavy atom. The van der Waals surface area contributed by atoms with Gasteiger partial charge in [0.15, 0.2) is 0 Å². The van der Waals surface area contributed by atoms with Crippen molar-refractivity contribution in [3.63, 3.8) is 0 Å². The van der Waals surface area contributed by atoms with Crippen LogP contribution in [0.25, 0.3) is 0 Å². The van der Waals surface area contributed by atoms with Crippen molar-refractivity contribution in [2.24, 2.45) is 5.92 Å². The molecule has 1 aliphatic rings. The first-order chi connectivity index (χ1) is 7.69. The molecule has 0 saturated carbocycles. The number of rotatable bonds is 6. The number of hydrogen-bond donors (Lipinski definition) is 1. The van der Waals surface area contributed by atoms with Crippen molar-refractivity contribution in [3.05, 3.63) is 0 Å². The number of nitrogens with zero attached hydrogens (tertiary/aromatic N) is 1. The molecule has 3 nitrogen and oxygen atoms in total. The van der Waals surface area contributed by atoms with E-state index in [0.29, 0.717) is 12.1 Å². The van der Waals surface area contributed by atoms with Crippen molar-refractivity contribution in [2.75, 3.05) is 33.9 Å². The van der Waals surface area contributed by atoms with Gasteiger partial charge < -0.3 is 15.0 Å². The molecule has 0 aromatic heterocycles. The second kappa shape index (κ2) is 7.25. The zero-order valence-electron chi connectivity index (χ0n) is 11.3. The lowest BCUT2D eigenvalue weighted by atomic mass is 9.98. The summed E-state index contributed by atoms with van der Waals surface area (Å²) in [7, 11) is 4.31. The molecule has 1 saturated heterocycles. The fourth-order valence-corrected chi connectivity index (χ4v) is 2.60. The molecule has 2 atom stereocenters. The van der Waals surface area contributed by atoms with Gasteiger partial charge in [-0.15, -0.1) is 0 Å². The summed E-state index contributed by atoms with van der Waals surface area (Å²) in [5, 5.41) is 3.40. The van der Waals surface area contributed by atoms with E-state index in [1.807, 2.05) is 0 Å². The van der Waals surface area contributed by atoms with Gasteiger partial charge in [0.25, 0.3) is 0 Å². The molecule has 1 rings (SSSR count). The summed E-state index contributed by atoms with van der Waals surface area (Å²) >= 11 is 0. The van der Waals surface area contributed by atoms with Crippen molar-refractivity contribution in [3.8, 4) is 0 Å². The fourth-order valence-electron chi connectivity index (χ4n) is 2.60. The molecule has 0 aromatic rings. The van der Waals surface area contributed by atoms with Gasteiger partial charge in [0.05, 0.1) is 0 Å². The first-order valence-corrected chi connectivity index (χ1v) is 6.64. The highest BCUT2D eigenvalue weighted by atomic mass is 16.5. The molecule has 1 heterocycles. The molecule has 3 heteroatoms. The topological polar surface area (TPSA) is 24.5 Å². The average molecular weight is 228 g/mol. The number of hydrogen-bond acceptors (Lipinski definition) is 3. The lowest BCUT2D eigenvalue weighted by Gasteiger charge is -2.34. The predicted octanol–water partition coefficient (Wildman–Crippen LogP) is 1.73. The maximum Gasteiger partial charge on any atom is 0.0469 e. The van der Waals surface area contributed by atoms with Crippen molar-refractivity contribution >= 4 is 0 Å². The van der Waals surface area contributed by atoms with Crippen LogP contribution in [0.2, 0.25) is 0 Å². The van der Waals surface area contributed by atoms with Gasteiger partial charge in [-0.05, 0) is 46.2 Å². The van der Waals surface area contributed by atoms with Crippen molar-refractivity contribution < 1.29 is 4.74 Å². The van der Waals surface area contributed by atoms with Gasteiger partial charge in [-0.25, -0.2) is 0 Å². The molecule has 1 N–H and O–H groups in total. The SMILES string of the molecule is CCC(NC)C(C)N(C)CC1CCOCC1. The highest BCUT2D eigenvalue weighted by molar-refractivity contribution is 4.79. The van der Waals surface area contributed by atoms with Gasteiger partial charge in [-0.2, -0.15) is 0 Å². The van der Waals surface area contributed by atoms with E-state index in [2.05, 4.69) is 38.2 Å². The van der Waals surface area contributed by atoms with Crippen LogP contribution < -0.4 is 5.32 Å². The Hall–Kier alpha value is -0.120. The van der Waals surface area contributed by atoms with Crippen LogP contribution in [0.5, 0.6) is 0 Å². The summed E-state index contributed by atoms with van der Waals surface area (Å²) < 4.78 is 5.40. The molecular weight excluding hydrogens is 200 g/mol. The van der Waals surface area contributed by atoms with Crippen LogP contribution in [-0.4, -0.2) is 50.8 Å². The van der Waals surface area contributed by atoms with Crippen molar-refractivity contribution in [2.45, 2.75) is 45.2 Å². The van der Waals surface area contributed by atoms with Gasteiger partial charge >= 0.3 is 0 Å². The molecule has 16 heavy (non-hydrogen) atoms. The molecule has 0 radical (unpaired) electrons. The minimum atomic E-state index is 0.602. The molecule has 1 fully saturated rings. The Kier molecular flexibility index (Phi) is 6.32. The number of likely N-dealkylation sites (N-methyl/N-ethyl adjacent to an activating group) is 2. The van der Waals surface area contributed by atoms with Gasteiger partial charge in [0, 0.05) is 31.8 Å². The van der Waals surface area contributed by atoms with E-state index in [1.165, 1.54) is 25.8 Å². The Morgan fingerprint density at radius 1 is 1.38 bits per heavy atom. The third-order valence-corrected chi connectivity index (χ3v) is 3.98.